The Hall–Kier alpha value is -1.67. The summed E-state index contributed by atoms with van der Waals surface area (Å²) in [5.41, 5.74) is 0.333. The second kappa shape index (κ2) is 6.92. The van der Waals surface area contributed by atoms with Crippen LogP contribution in [0.5, 0.6) is 0 Å². The van der Waals surface area contributed by atoms with Crippen LogP contribution in [0, 0.1) is 5.82 Å². The summed E-state index contributed by atoms with van der Waals surface area (Å²) in [6.07, 6.45) is 2.91. The Balaban J connectivity index is 1.75. The molecule has 2 aliphatic heterocycles. The number of halogens is 1. The summed E-state index contributed by atoms with van der Waals surface area (Å²) in [7, 11) is -3.45. The Labute approximate surface area is 147 Å². The van der Waals surface area contributed by atoms with Crippen LogP contribution >= 0.6 is 0 Å². The molecule has 1 N–H and O–H groups in total. The highest BCUT2D eigenvalue weighted by Gasteiger charge is 2.38. The summed E-state index contributed by atoms with van der Waals surface area (Å²) in [5.74, 6) is -0.594. The van der Waals surface area contributed by atoms with E-state index in [-0.39, 0.29) is 29.6 Å². The first-order valence-electron chi connectivity index (χ1n) is 8.54. The lowest BCUT2D eigenvalue weighted by molar-refractivity contribution is 0.163. The maximum Gasteiger partial charge on any atom is 0.320 e. The van der Waals surface area contributed by atoms with Crippen molar-refractivity contribution in [1.29, 1.82) is 0 Å². The van der Waals surface area contributed by atoms with Gasteiger partial charge in [-0.25, -0.2) is 17.6 Å². The van der Waals surface area contributed by atoms with E-state index in [4.69, 9.17) is 0 Å². The lowest BCUT2D eigenvalue weighted by Crippen LogP contribution is -2.45. The summed E-state index contributed by atoms with van der Waals surface area (Å²) < 4.78 is 37.4. The summed E-state index contributed by atoms with van der Waals surface area (Å²) >= 11 is 0. The van der Waals surface area contributed by atoms with Crippen LogP contribution in [0.3, 0.4) is 0 Å². The van der Waals surface area contributed by atoms with E-state index < -0.39 is 15.7 Å². The number of rotatable bonds is 4. The maximum absolute atomic E-state index is 14.3. The number of carbonyl (C=O) groups is 1. The average Bonchev–Trinajstić information content (AvgIpc) is 2.84. The van der Waals surface area contributed by atoms with Crippen LogP contribution in [0.25, 0.3) is 0 Å². The van der Waals surface area contributed by atoms with Gasteiger partial charge >= 0.3 is 6.03 Å². The molecular weight excluding hydrogens is 345 g/mol. The Kier molecular flexibility index (Phi) is 5.02. The molecule has 2 saturated heterocycles. The zero-order valence-corrected chi connectivity index (χ0v) is 15.4. The van der Waals surface area contributed by atoms with Crippen molar-refractivity contribution in [2.75, 3.05) is 25.9 Å². The molecule has 1 aromatic rings. The van der Waals surface area contributed by atoms with Crippen LogP contribution in [0.1, 0.15) is 25.3 Å². The van der Waals surface area contributed by atoms with Gasteiger partial charge in [0.2, 0.25) is 0 Å². The normalized spacial score (nSPS) is 22.7. The van der Waals surface area contributed by atoms with Crippen molar-refractivity contribution < 1.29 is 17.6 Å². The lowest BCUT2D eigenvalue weighted by atomic mass is 10.1. The van der Waals surface area contributed by atoms with Crippen LogP contribution in [0.15, 0.2) is 23.1 Å². The minimum absolute atomic E-state index is 0.00336. The molecule has 6 nitrogen and oxygen atoms in total. The first-order chi connectivity index (χ1) is 11.8. The molecule has 0 radical (unpaired) electrons. The molecule has 1 aromatic carbocycles. The minimum Gasteiger partial charge on any atom is -0.320 e. The molecule has 2 heterocycles. The number of hydrogen-bond acceptors (Lipinski definition) is 4. The van der Waals surface area contributed by atoms with E-state index in [9.17, 15) is 17.6 Å². The molecule has 2 amide bonds. The van der Waals surface area contributed by atoms with Crippen molar-refractivity contribution in [2.45, 2.75) is 43.3 Å². The zero-order chi connectivity index (χ0) is 18.2. The molecule has 0 spiro atoms. The van der Waals surface area contributed by atoms with Gasteiger partial charge in [0, 0.05) is 30.4 Å². The Morgan fingerprint density at radius 1 is 1.28 bits per heavy atom. The zero-order valence-electron chi connectivity index (χ0n) is 14.5. The quantitative estimate of drug-likeness (QED) is 0.875. The highest BCUT2D eigenvalue weighted by molar-refractivity contribution is 7.90. The van der Waals surface area contributed by atoms with Crippen LogP contribution < -0.4 is 5.32 Å². The number of urea groups is 1. The van der Waals surface area contributed by atoms with E-state index >= 15 is 0 Å². The fourth-order valence-corrected chi connectivity index (χ4v) is 4.17. The summed E-state index contributed by atoms with van der Waals surface area (Å²) in [6, 6.07) is 4.05. The minimum atomic E-state index is -3.45. The third-order valence-corrected chi connectivity index (χ3v) is 6.14. The summed E-state index contributed by atoms with van der Waals surface area (Å²) in [4.78, 5) is 16.3. The maximum atomic E-state index is 14.3. The lowest BCUT2D eigenvalue weighted by Gasteiger charge is -2.31. The molecule has 25 heavy (non-hydrogen) atoms. The first-order valence-corrected chi connectivity index (χ1v) is 10.4. The van der Waals surface area contributed by atoms with Crippen LogP contribution in [-0.4, -0.2) is 62.2 Å². The second-order valence-corrected chi connectivity index (χ2v) is 8.93. The van der Waals surface area contributed by atoms with E-state index in [2.05, 4.69) is 5.32 Å². The number of nitrogens with one attached hydrogen (secondary N) is 1. The molecule has 1 unspecified atom stereocenters. The number of hydrogen-bond donors (Lipinski definition) is 1. The molecule has 8 heteroatoms. The van der Waals surface area contributed by atoms with Gasteiger partial charge in [0.1, 0.15) is 5.82 Å². The second-order valence-electron chi connectivity index (χ2n) is 6.92. The van der Waals surface area contributed by atoms with Gasteiger partial charge in [-0.2, -0.15) is 0 Å². The van der Waals surface area contributed by atoms with Crippen molar-refractivity contribution in [3.05, 3.63) is 29.6 Å². The van der Waals surface area contributed by atoms with E-state index in [1.165, 1.54) is 12.1 Å². The number of benzene rings is 1. The fraction of sp³-hybridized carbons (Fsp3) is 0.588. The van der Waals surface area contributed by atoms with E-state index in [0.717, 1.165) is 38.3 Å². The monoisotopic (exact) mass is 369 g/mol. The van der Waals surface area contributed by atoms with E-state index in [1.54, 1.807) is 4.90 Å². The van der Waals surface area contributed by atoms with Crippen LogP contribution in [0.4, 0.5) is 9.18 Å². The average molecular weight is 369 g/mol. The van der Waals surface area contributed by atoms with Crippen LogP contribution in [-0.2, 0) is 16.4 Å². The van der Waals surface area contributed by atoms with Crippen molar-refractivity contribution in [1.82, 2.24) is 15.1 Å². The van der Waals surface area contributed by atoms with Gasteiger partial charge in [-0.3, -0.25) is 0 Å². The van der Waals surface area contributed by atoms with Gasteiger partial charge in [-0.1, -0.05) is 6.07 Å². The van der Waals surface area contributed by atoms with E-state index in [0.29, 0.717) is 12.1 Å². The van der Waals surface area contributed by atoms with Crippen molar-refractivity contribution in [3.63, 3.8) is 0 Å². The first kappa shape index (κ1) is 18.1. The summed E-state index contributed by atoms with van der Waals surface area (Å²) in [5, 5.41) is 3.29. The van der Waals surface area contributed by atoms with Crippen molar-refractivity contribution in [3.8, 4) is 0 Å². The number of piperidine rings is 1. The van der Waals surface area contributed by atoms with Crippen molar-refractivity contribution >= 4 is 15.9 Å². The number of sulfone groups is 1. The molecular formula is C17H24FN3O3S. The summed E-state index contributed by atoms with van der Waals surface area (Å²) in [6.45, 7) is 4.57. The highest BCUT2D eigenvalue weighted by atomic mass is 32.2. The molecule has 0 aliphatic carbocycles. The predicted molar refractivity (Wildman–Crippen MR) is 92.5 cm³/mol. The van der Waals surface area contributed by atoms with Crippen LogP contribution in [0.2, 0.25) is 0 Å². The predicted octanol–water partition coefficient (Wildman–Crippen LogP) is 1.61. The van der Waals surface area contributed by atoms with Gasteiger partial charge in [0.15, 0.2) is 9.84 Å². The van der Waals surface area contributed by atoms with Gasteiger partial charge in [0.25, 0.3) is 0 Å². The van der Waals surface area contributed by atoms with Gasteiger partial charge in [-0.15, -0.1) is 0 Å². The van der Waals surface area contributed by atoms with E-state index in [1.807, 2.05) is 11.8 Å². The number of carbonyl (C=O) groups excluding carboxylic acids is 1. The van der Waals surface area contributed by atoms with Crippen molar-refractivity contribution in [2.24, 2.45) is 0 Å². The van der Waals surface area contributed by atoms with Gasteiger partial charge in [0.05, 0.1) is 11.4 Å². The molecule has 0 saturated carbocycles. The van der Waals surface area contributed by atoms with Gasteiger partial charge in [-0.05, 0) is 45.0 Å². The molecule has 3 rings (SSSR count). The molecule has 1 atom stereocenters. The molecule has 0 aromatic heterocycles. The topological polar surface area (TPSA) is 69.7 Å². The smallest absolute Gasteiger partial charge is 0.320 e. The number of nitrogens with zero attached hydrogens (tertiary/aromatic N) is 2. The highest BCUT2D eigenvalue weighted by Crippen LogP contribution is 2.25. The third kappa shape index (κ3) is 3.79. The molecule has 138 valence electrons. The number of amides is 2. The fourth-order valence-electron chi connectivity index (χ4n) is 3.53. The SMILES string of the molecule is CC1CN(C2CCNCC2)C(=O)N1Cc1ccc(S(C)(=O)=O)cc1F. The standard InChI is InChI=1S/C17H24FN3O3S/c1-12-10-21(14-5-7-19-8-6-14)17(22)20(12)11-13-3-4-15(9-16(13)18)25(2,23)24/h3-4,9,12,14,19H,5-8,10-11H2,1-2H3. The largest absolute Gasteiger partial charge is 0.320 e. The Bertz CT molecular complexity index is 762. The van der Waals surface area contributed by atoms with Gasteiger partial charge < -0.3 is 15.1 Å². The molecule has 2 fully saturated rings. The molecule has 0 bridgehead atoms. The third-order valence-electron chi connectivity index (χ3n) is 5.03. The molecule has 2 aliphatic rings. The Morgan fingerprint density at radius 2 is 1.96 bits per heavy atom. The Morgan fingerprint density at radius 3 is 2.56 bits per heavy atom.